The summed E-state index contributed by atoms with van der Waals surface area (Å²) < 4.78 is 1.02. The lowest BCUT2D eigenvalue weighted by Crippen LogP contribution is -2.22. The molecule has 0 saturated heterocycles. The summed E-state index contributed by atoms with van der Waals surface area (Å²) in [6.45, 7) is 4.22. The average Bonchev–Trinajstić information content (AvgIpc) is 2.33. The molecule has 0 aliphatic heterocycles. The van der Waals surface area contributed by atoms with Crippen LogP contribution in [-0.2, 0) is 4.79 Å². The Kier molecular flexibility index (Phi) is 6.27. The Labute approximate surface area is 112 Å². The molecule has 1 rings (SSSR count). The largest absolute Gasteiger partial charge is 0.326 e. The molecule has 0 aliphatic rings. The number of nitrogens with one attached hydrogen (secondary N) is 1. The molecule has 1 amide bonds. The van der Waals surface area contributed by atoms with Crippen molar-refractivity contribution in [1.29, 1.82) is 0 Å². The van der Waals surface area contributed by atoms with Gasteiger partial charge < -0.3 is 5.32 Å². The van der Waals surface area contributed by atoms with E-state index < -0.39 is 0 Å². The van der Waals surface area contributed by atoms with Gasteiger partial charge in [0.05, 0.1) is 0 Å². The fourth-order valence-corrected chi connectivity index (χ4v) is 2.01. The fourth-order valence-electron chi connectivity index (χ4n) is 1.75. The molecule has 0 aliphatic carbocycles. The molecule has 0 bridgehead atoms. The highest BCUT2D eigenvalue weighted by Gasteiger charge is 2.15. The van der Waals surface area contributed by atoms with E-state index in [1.54, 1.807) is 0 Å². The van der Waals surface area contributed by atoms with Gasteiger partial charge in [-0.15, -0.1) is 0 Å². The summed E-state index contributed by atoms with van der Waals surface area (Å²) in [4.78, 5) is 12.0. The van der Waals surface area contributed by atoms with E-state index in [2.05, 4.69) is 35.1 Å². The topological polar surface area (TPSA) is 29.1 Å². The minimum atomic E-state index is 0.138. The molecule has 94 valence electrons. The van der Waals surface area contributed by atoms with E-state index in [4.69, 9.17) is 0 Å². The maximum atomic E-state index is 12.0. The van der Waals surface area contributed by atoms with E-state index in [1.165, 1.54) is 0 Å². The highest BCUT2D eigenvalue weighted by Crippen LogP contribution is 2.18. The summed E-state index contributed by atoms with van der Waals surface area (Å²) in [7, 11) is 0. The Morgan fingerprint density at radius 1 is 1.29 bits per heavy atom. The van der Waals surface area contributed by atoms with Crippen LogP contribution in [0.5, 0.6) is 0 Å². The number of halogens is 1. The van der Waals surface area contributed by atoms with E-state index in [1.807, 2.05) is 24.3 Å². The monoisotopic (exact) mass is 297 g/mol. The Morgan fingerprint density at radius 3 is 2.47 bits per heavy atom. The second-order valence-corrected chi connectivity index (χ2v) is 5.16. The Bertz CT molecular complexity index is 348. The molecule has 0 unspecified atom stereocenters. The summed E-state index contributed by atoms with van der Waals surface area (Å²) >= 11 is 3.38. The van der Waals surface area contributed by atoms with Gasteiger partial charge in [0.15, 0.2) is 0 Å². The second kappa shape index (κ2) is 7.49. The predicted octanol–water partition coefficient (Wildman–Crippen LogP) is 4.60. The van der Waals surface area contributed by atoms with E-state index in [-0.39, 0.29) is 11.8 Å². The third kappa shape index (κ3) is 4.90. The number of hydrogen-bond donors (Lipinski definition) is 1. The number of unbranched alkanes of at least 4 members (excludes halogenated alkanes) is 1. The Balaban J connectivity index is 2.54. The van der Waals surface area contributed by atoms with E-state index >= 15 is 0 Å². The molecule has 17 heavy (non-hydrogen) atoms. The van der Waals surface area contributed by atoms with Crippen molar-refractivity contribution in [3.63, 3.8) is 0 Å². The summed E-state index contributed by atoms with van der Waals surface area (Å²) in [5, 5.41) is 2.97. The lowest BCUT2D eigenvalue weighted by molar-refractivity contribution is -0.120. The summed E-state index contributed by atoms with van der Waals surface area (Å²) in [5.74, 6) is 0.280. The number of amides is 1. The van der Waals surface area contributed by atoms with Crippen molar-refractivity contribution in [2.24, 2.45) is 5.92 Å². The summed E-state index contributed by atoms with van der Waals surface area (Å²) in [6.07, 6.45) is 4.14. The van der Waals surface area contributed by atoms with Crippen molar-refractivity contribution in [3.8, 4) is 0 Å². The maximum Gasteiger partial charge on any atom is 0.227 e. The van der Waals surface area contributed by atoms with Crippen LogP contribution in [0.2, 0.25) is 0 Å². The number of carbonyl (C=O) groups is 1. The van der Waals surface area contributed by atoms with Crippen LogP contribution in [0.1, 0.15) is 39.5 Å². The number of carbonyl (C=O) groups excluding carboxylic acids is 1. The highest BCUT2D eigenvalue weighted by molar-refractivity contribution is 9.10. The normalized spacial score (nSPS) is 12.2. The average molecular weight is 298 g/mol. The van der Waals surface area contributed by atoms with Crippen molar-refractivity contribution in [1.82, 2.24) is 0 Å². The molecular formula is C14H20BrNO. The first-order valence-corrected chi connectivity index (χ1v) is 7.03. The Hall–Kier alpha value is -0.830. The molecule has 3 heteroatoms. The van der Waals surface area contributed by atoms with Gasteiger partial charge >= 0.3 is 0 Å². The molecule has 0 aromatic heterocycles. The zero-order valence-electron chi connectivity index (χ0n) is 10.5. The molecule has 2 nitrogen and oxygen atoms in total. The van der Waals surface area contributed by atoms with Gasteiger partial charge in [0.25, 0.3) is 0 Å². The summed E-state index contributed by atoms with van der Waals surface area (Å²) in [6, 6.07) is 7.69. The van der Waals surface area contributed by atoms with Crippen molar-refractivity contribution >= 4 is 27.5 Å². The molecule has 0 fully saturated rings. The first-order valence-electron chi connectivity index (χ1n) is 6.23. The van der Waals surface area contributed by atoms with E-state index in [0.29, 0.717) is 0 Å². The second-order valence-electron chi connectivity index (χ2n) is 4.24. The highest BCUT2D eigenvalue weighted by atomic mass is 79.9. The van der Waals surface area contributed by atoms with Gasteiger partial charge in [0.1, 0.15) is 0 Å². The van der Waals surface area contributed by atoms with E-state index in [9.17, 15) is 4.79 Å². The molecule has 0 saturated carbocycles. The van der Waals surface area contributed by atoms with E-state index in [0.717, 1.165) is 35.8 Å². The molecule has 0 radical (unpaired) electrons. The lowest BCUT2D eigenvalue weighted by atomic mass is 9.98. The third-order valence-corrected chi connectivity index (χ3v) is 3.41. The van der Waals surface area contributed by atoms with Crippen LogP contribution >= 0.6 is 15.9 Å². The zero-order chi connectivity index (χ0) is 12.7. The van der Waals surface area contributed by atoms with Gasteiger partial charge in [0, 0.05) is 16.1 Å². The van der Waals surface area contributed by atoms with Crippen LogP contribution in [0.15, 0.2) is 28.7 Å². The molecule has 1 aromatic carbocycles. The SMILES string of the molecule is CCCC[C@@H](CC)C(=O)Nc1ccc(Br)cc1. The first kappa shape index (κ1) is 14.2. The van der Waals surface area contributed by atoms with Gasteiger partial charge in [0.2, 0.25) is 5.91 Å². The molecule has 0 spiro atoms. The predicted molar refractivity (Wildman–Crippen MR) is 76.1 cm³/mol. The van der Waals surface area contributed by atoms with Crippen LogP contribution < -0.4 is 5.32 Å². The van der Waals surface area contributed by atoms with Crippen LogP contribution in [-0.4, -0.2) is 5.91 Å². The molecule has 0 heterocycles. The number of anilines is 1. The molecule has 1 aromatic rings. The van der Waals surface area contributed by atoms with Crippen molar-refractivity contribution in [3.05, 3.63) is 28.7 Å². The Morgan fingerprint density at radius 2 is 1.94 bits per heavy atom. The standard InChI is InChI=1S/C14H20BrNO/c1-3-5-6-11(4-2)14(17)16-13-9-7-12(15)8-10-13/h7-11H,3-6H2,1-2H3,(H,16,17)/t11-/m1/s1. The number of hydrogen-bond acceptors (Lipinski definition) is 1. The minimum absolute atomic E-state index is 0.138. The quantitative estimate of drug-likeness (QED) is 0.816. The smallest absolute Gasteiger partial charge is 0.227 e. The van der Waals surface area contributed by atoms with Crippen LogP contribution in [0.3, 0.4) is 0 Å². The third-order valence-electron chi connectivity index (χ3n) is 2.88. The van der Waals surface area contributed by atoms with Gasteiger partial charge in [-0.05, 0) is 37.1 Å². The molecule has 1 N–H and O–H groups in total. The lowest BCUT2D eigenvalue weighted by Gasteiger charge is -2.14. The summed E-state index contributed by atoms with van der Waals surface area (Å²) in [5.41, 5.74) is 0.869. The van der Waals surface area contributed by atoms with Gasteiger partial charge in [-0.1, -0.05) is 42.6 Å². The van der Waals surface area contributed by atoms with Gasteiger partial charge in [-0.3, -0.25) is 4.79 Å². The minimum Gasteiger partial charge on any atom is -0.326 e. The van der Waals surface area contributed by atoms with Crippen LogP contribution in [0, 0.1) is 5.92 Å². The number of benzene rings is 1. The zero-order valence-corrected chi connectivity index (χ0v) is 12.1. The van der Waals surface area contributed by atoms with Gasteiger partial charge in [-0.25, -0.2) is 0 Å². The van der Waals surface area contributed by atoms with Crippen molar-refractivity contribution in [2.75, 3.05) is 5.32 Å². The van der Waals surface area contributed by atoms with Gasteiger partial charge in [-0.2, -0.15) is 0 Å². The van der Waals surface area contributed by atoms with Crippen LogP contribution in [0.25, 0.3) is 0 Å². The molecular weight excluding hydrogens is 278 g/mol. The fraction of sp³-hybridized carbons (Fsp3) is 0.500. The number of rotatable bonds is 6. The van der Waals surface area contributed by atoms with Crippen molar-refractivity contribution in [2.45, 2.75) is 39.5 Å². The van der Waals surface area contributed by atoms with Crippen molar-refractivity contribution < 1.29 is 4.79 Å². The maximum absolute atomic E-state index is 12.0. The first-order chi connectivity index (χ1) is 8.17. The molecule has 1 atom stereocenters. The van der Waals surface area contributed by atoms with Crippen LogP contribution in [0.4, 0.5) is 5.69 Å².